The van der Waals surface area contributed by atoms with Crippen LogP contribution < -0.4 is 5.32 Å². The van der Waals surface area contributed by atoms with Crippen LogP contribution in [0.1, 0.15) is 27.2 Å². The van der Waals surface area contributed by atoms with E-state index in [1.165, 1.54) is 17.9 Å². The molecule has 0 aromatic heterocycles. The molecule has 3 heteroatoms. The van der Waals surface area contributed by atoms with Crippen LogP contribution in [0.25, 0.3) is 0 Å². The summed E-state index contributed by atoms with van der Waals surface area (Å²) in [7, 11) is 0. The van der Waals surface area contributed by atoms with Gasteiger partial charge in [-0.3, -0.25) is 0 Å². The van der Waals surface area contributed by atoms with Crippen LogP contribution in [0.5, 0.6) is 0 Å². The molecule has 1 rings (SSSR count). The smallest absolute Gasteiger partial charge is 0.0620 e. The van der Waals surface area contributed by atoms with E-state index in [0.29, 0.717) is 12.1 Å². The molecule has 1 saturated heterocycles. The lowest BCUT2D eigenvalue weighted by atomic mass is 10.2. The molecule has 1 heterocycles. The minimum atomic E-state index is 0.602. The summed E-state index contributed by atoms with van der Waals surface area (Å²) in [6, 6.07) is 1.22. The van der Waals surface area contributed by atoms with Gasteiger partial charge in [0.1, 0.15) is 0 Å². The molecular formula is C11H23NOS. The molecule has 0 aromatic carbocycles. The van der Waals surface area contributed by atoms with Crippen molar-refractivity contribution >= 4 is 11.8 Å². The van der Waals surface area contributed by atoms with Gasteiger partial charge >= 0.3 is 0 Å². The average molecular weight is 217 g/mol. The lowest BCUT2D eigenvalue weighted by Gasteiger charge is -2.18. The molecule has 84 valence electrons. The Hall–Kier alpha value is 0.270. The van der Waals surface area contributed by atoms with E-state index in [0.717, 1.165) is 19.1 Å². The Kier molecular flexibility index (Phi) is 5.90. The molecule has 14 heavy (non-hydrogen) atoms. The minimum Gasteiger partial charge on any atom is -0.380 e. The van der Waals surface area contributed by atoms with E-state index in [-0.39, 0.29) is 0 Å². The summed E-state index contributed by atoms with van der Waals surface area (Å²) in [6.45, 7) is 8.65. The third-order valence-electron chi connectivity index (χ3n) is 2.27. The van der Waals surface area contributed by atoms with Gasteiger partial charge in [-0.25, -0.2) is 0 Å². The van der Waals surface area contributed by atoms with E-state index in [2.05, 4.69) is 26.1 Å². The highest BCUT2D eigenvalue weighted by Crippen LogP contribution is 2.10. The van der Waals surface area contributed by atoms with Crippen LogP contribution in [-0.2, 0) is 4.74 Å². The second-order valence-corrected chi connectivity index (χ2v) is 5.63. The lowest BCUT2D eigenvalue weighted by molar-refractivity contribution is 0.189. The molecule has 2 nitrogen and oxygen atoms in total. The van der Waals surface area contributed by atoms with Crippen molar-refractivity contribution in [2.45, 2.75) is 39.3 Å². The zero-order valence-corrected chi connectivity index (χ0v) is 10.4. The first kappa shape index (κ1) is 12.3. The first-order chi connectivity index (χ1) is 6.68. The second-order valence-electron chi connectivity index (χ2n) is 4.56. The summed E-state index contributed by atoms with van der Waals surface area (Å²) in [5.74, 6) is 3.30. The third-order valence-corrected chi connectivity index (χ3v) is 3.91. The molecule has 2 atom stereocenters. The fourth-order valence-electron chi connectivity index (χ4n) is 1.60. The van der Waals surface area contributed by atoms with Gasteiger partial charge < -0.3 is 10.1 Å². The van der Waals surface area contributed by atoms with Crippen molar-refractivity contribution < 1.29 is 4.74 Å². The largest absolute Gasteiger partial charge is 0.380 e. The van der Waals surface area contributed by atoms with E-state index < -0.39 is 0 Å². The van der Waals surface area contributed by atoms with Gasteiger partial charge in [-0.15, -0.1) is 0 Å². The topological polar surface area (TPSA) is 21.3 Å². The van der Waals surface area contributed by atoms with Gasteiger partial charge in [-0.05, 0) is 25.0 Å². The molecule has 0 aliphatic carbocycles. The Bertz CT molecular complexity index is 146. The number of rotatable bonds is 6. The monoisotopic (exact) mass is 217 g/mol. The van der Waals surface area contributed by atoms with Crippen molar-refractivity contribution in [3.05, 3.63) is 0 Å². The molecule has 0 saturated carbocycles. The van der Waals surface area contributed by atoms with Crippen molar-refractivity contribution in [2.75, 3.05) is 24.7 Å². The Morgan fingerprint density at radius 3 is 2.71 bits per heavy atom. The van der Waals surface area contributed by atoms with Gasteiger partial charge in [0, 0.05) is 24.4 Å². The molecule has 1 N–H and O–H groups in total. The highest BCUT2D eigenvalue weighted by molar-refractivity contribution is 7.99. The van der Waals surface area contributed by atoms with Crippen molar-refractivity contribution in [2.24, 2.45) is 5.92 Å². The first-order valence-corrected chi connectivity index (χ1v) is 6.75. The normalized spacial score (nSPS) is 24.4. The molecule has 0 spiro atoms. The number of nitrogens with one attached hydrogen (secondary N) is 1. The van der Waals surface area contributed by atoms with Gasteiger partial charge in [-0.1, -0.05) is 13.8 Å². The quantitative estimate of drug-likeness (QED) is 0.736. The molecule has 1 aliphatic heterocycles. The van der Waals surface area contributed by atoms with Gasteiger partial charge in [0.05, 0.1) is 6.61 Å². The van der Waals surface area contributed by atoms with Crippen molar-refractivity contribution in [1.29, 1.82) is 0 Å². The fourth-order valence-corrected chi connectivity index (χ4v) is 2.65. The van der Waals surface area contributed by atoms with Crippen molar-refractivity contribution in [3.8, 4) is 0 Å². The molecule has 2 unspecified atom stereocenters. The van der Waals surface area contributed by atoms with Crippen LogP contribution in [0.4, 0.5) is 0 Å². The fraction of sp³-hybridized carbons (Fsp3) is 1.00. The molecule has 1 fully saturated rings. The second kappa shape index (κ2) is 6.70. The van der Waals surface area contributed by atoms with Crippen LogP contribution >= 0.6 is 11.8 Å². The van der Waals surface area contributed by atoms with Crippen molar-refractivity contribution in [3.63, 3.8) is 0 Å². The van der Waals surface area contributed by atoms with E-state index in [1.807, 2.05) is 11.8 Å². The first-order valence-electron chi connectivity index (χ1n) is 5.60. The van der Waals surface area contributed by atoms with Gasteiger partial charge in [0.25, 0.3) is 0 Å². The molecular weight excluding hydrogens is 194 g/mol. The Morgan fingerprint density at radius 2 is 2.14 bits per heavy atom. The maximum absolute atomic E-state index is 5.33. The minimum absolute atomic E-state index is 0.602. The Morgan fingerprint density at radius 1 is 1.36 bits per heavy atom. The van der Waals surface area contributed by atoms with Crippen LogP contribution in [0.15, 0.2) is 0 Å². The van der Waals surface area contributed by atoms with E-state index in [1.54, 1.807) is 0 Å². The molecule has 0 aromatic rings. The zero-order valence-electron chi connectivity index (χ0n) is 9.58. The molecule has 0 bridgehead atoms. The van der Waals surface area contributed by atoms with Crippen LogP contribution in [-0.4, -0.2) is 36.8 Å². The lowest BCUT2D eigenvalue weighted by Crippen LogP contribution is -2.38. The molecule has 0 amide bonds. The summed E-state index contributed by atoms with van der Waals surface area (Å²) in [5.41, 5.74) is 0. The average Bonchev–Trinajstić information content (AvgIpc) is 2.56. The van der Waals surface area contributed by atoms with Crippen LogP contribution in [0.2, 0.25) is 0 Å². The number of hydrogen-bond acceptors (Lipinski definition) is 3. The van der Waals surface area contributed by atoms with Gasteiger partial charge in [0.15, 0.2) is 0 Å². The molecule has 0 radical (unpaired) electrons. The van der Waals surface area contributed by atoms with Gasteiger partial charge in [0.2, 0.25) is 0 Å². The summed E-state index contributed by atoms with van der Waals surface area (Å²) >= 11 is 2.05. The SMILES string of the molecule is CC(C)CSCC(C)NC1CCOC1. The summed E-state index contributed by atoms with van der Waals surface area (Å²) in [6.07, 6.45) is 1.18. The number of ether oxygens (including phenoxy) is 1. The summed E-state index contributed by atoms with van der Waals surface area (Å²) < 4.78 is 5.33. The molecule has 1 aliphatic rings. The van der Waals surface area contributed by atoms with E-state index in [4.69, 9.17) is 4.74 Å². The number of thioether (sulfide) groups is 1. The maximum Gasteiger partial charge on any atom is 0.0620 e. The predicted molar refractivity (Wildman–Crippen MR) is 64.0 cm³/mol. The standard InChI is InChI=1S/C11H23NOS/c1-9(2)7-14-8-10(3)12-11-4-5-13-6-11/h9-12H,4-8H2,1-3H3. The predicted octanol–water partition coefficient (Wildman–Crippen LogP) is 2.14. The van der Waals surface area contributed by atoms with Gasteiger partial charge in [-0.2, -0.15) is 11.8 Å². The third kappa shape index (κ3) is 5.23. The highest BCUT2D eigenvalue weighted by Gasteiger charge is 2.17. The summed E-state index contributed by atoms with van der Waals surface area (Å²) in [4.78, 5) is 0. The van der Waals surface area contributed by atoms with E-state index in [9.17, 15) is 0 Å². The maximum atomic E-state index is 5.33. The van der Waals surface area contributed by atoms with Crippen LogP contribution in [0, 0.1) is 5.92 Å². The van der Waals surface area contributed by atoms with Crippen molar-refractivity contribution in [1.82, 2.24) is 5.32 Å². The Labute approximate surface area is 92.2 Å². The highest BCUT2D eigenvalue weighted by atomic mass is 32.2. The van der Waals surface area contributed by atoms with Crippen LogP contribution in [0.3, 0.4) is 0 Å². The Balaban J connectivity index is 2.00. The zero-order chi connectivity index (χ0) is 10.4. The van der Waals surface area contributed by atoms with E-state index >= 15 is 0 Å². The summed E-state index contributed by atoms with van der Waals surface area (Å²) in [5, 5.41) is 3.61. The number of hydrogen-bond donors (Lipinski definition) is 1.